The quantitative estimate of drug-likeness (QED) is 0.475. The zero-order chi connectivity index (χ0) is 14.4. The van der Waals surface area contributed by atoms with Crippen LogP contribution in [0.5, 0.6) is 0 Å². The third-order valence-corrected chi connectivity index (χ3v) is 3.81. The number of hydrogen-bond donors (Lipinski definition) is 0. The Kier molecular flexibility index (Phi) is 5.53. The summed E-state index contributed by atoms with van der Waals surface area (Å²) >= 11 is 4.53. The molecule has 0 amide bonds. The number of nitrogens with zero attached hydrogens (tertiary/aromatic N) is 2. The molecule has 20 heavy (non-hydrogen) atoms. The summed E-state index contributed by atoms with van der Waals surface area (Å²) in [5, 5.41) is 2.36. The van der Waals surface area contributed by atoms with E-state index in [1.54, 1.807) is 12.1 Å². The molecule has 5 heteroatoms. The van der Waals surface area contributed by atoms with Gasteiger partial charge in [0.15, 0.2) is 5.78 Å². The number of isothiocyanates is 1. The highest BCUT2D eigenvalue weighted by Crippen LogP contribution is 2.21. The number of thiocarbonyl (C=S) groups is 1. The molecule has 0 unspecified atom stereocenters. The number of rotatable bonds is 5. The number of Topliss-reactive ketones (excluding diaryl/α,β-unsaturated/α-hetero) is 1. The molecule has 0 aliphatic carbocycles. The number of ketones is 1. The topological polar surface area (TPSA) is 32.7 Å². The van der Waals surface area contributed by atoms with Crippen molar-refractivity contribution in [2.75, 3.05) is 26.2 Å². The zero-order valence-corrected chi connectivity index (χ0v) is 12.0. The number of aliphatic imine (C=N–C) groups is 1. The number of piperidine rings is 1. The van der Waals surface area contributed by atoms with Crippen LogP contribution in [0, 0.1) is 11.7 Å². The van der Waals surface area contributed by atoms with Gasteiger partial charge in [0.05, 0.1) is 11.7 Å². The summed E-state index contributed by atoms with van der Waals surface area (Å²) < 4.78 is 12.9. The van der Waals surface area contributed by atoms with Crippen LogP contribution in [0.3, 0.4) is 0 Å². The fraction of sp³-hybridized carbons (Fsp3) is 0.467. The van der Waals surface area contributed by atoms with Gasteiger partial charge in [0.25, 0.3) is 0 Å². The minimum absolute atomic E-state index is 0.0470. The number of carbonyl (C=O) groups is 1. The summed E-state index contributed by atoms with van der Waals surface area (Å²) in [6, 6.07) is 5.81. The van der Waals surface area contributed by atoms with E-state index < -0.39 is 0 Å². The van der Waals surface area contributed by atoms with Crippen molar-refractivity contribution in [3.63, 3.8) is 0 Å². The Morgan fingerprint density at radius 3 is 2.60 bits per heavy atom. The highest BCUT2D eigenvalue weighted by Gasteiger charge is 2.25. The van der Waals surface area contributed by atoms with E-state index >= 15 is 0 Å². The van der Waals surface area contributed by atoms with Crippen LogP contribution in [-0.2, 0) is 0 Å². The van der Waals surface area contributed by atoms with E-state index in [2.05, 4.69) is 27.3 Å². The predicted molar refractivity (Wildman–Crippen MR) is 79.8 cm³/mol. The van der Waals surface area contributed by atoms with Gasteiger partial charge in [0.2, 0.25) is 0 Å². The molecule has 1 heterocycles. The molecule has 1 aliphatic rings. The number of carbonyl (C=O) groups excluding carboxylic acids is 1. The number of hydrogen-bond acceptors (Lipinski definition) is 4. The van der Waals surface area contributed by atoms with Crippen LogP contribution in [0.1, 0.15) is 23.2 Å². The molecule has 1 aromatic rings. The monoisotopic (exact) mass is 292 g/mol. The van der Waals surface area contributed by atoms with Gasteiger partial charge in [0, 0.05) is 18.0 Å². The first-order valence-corrected chi connectivity index (χ1v) is 7.17. The SMILES string of the molecule is O=C(c1ccc(F)cc1)C1CCN(CCN=C=S)CC1. The Labute approximate surface area is 123 Å². The van der Waals surface area contributed by atoms with E-state index in [4.69, 9.17) is 0 Å². The van der Waals surface area contributed by atoms with E-state index in [0.29, 0.717) is 12.1 Å². The average molecular weight is 292 g/mol. The lowest BCUT2D eigenvalue weighted by Gasteiger charge is -2.30. The first-order valence-electron chi connectivity index (χ1n) is 6.76. The van der Waals surface area contributed by atoms with Crippen LogP contribution < -0.4 is 0 Å². The smallest absolute Gasteiger partial charge is 0.166 e. The second kappa shape index (κ2) is 7.39. The zero-order valence-electron chi connectivity index (χ0n) is 11.2. The van der Waals surface area contributed by atoms with Crippen molar-refractivity contribution in [1.29, 1.82) is 0 Å². The van der Waals surface area contributed by atoms with Crippen molar-refractivity contribution < 1.29 is 9.18 Å². The normalized spacial score (nSPS) is 16.6. The van der Waals surface area contributed by atoms with Crippen molar-refractivity contribution in [3.8, 4) is 0 Å². The summed E-state index contributed by atoms with van der Waals surface area (Å²) in [5.41, 5.74) is 0.607. The van der Waals surface area contributed by atoms with E-state index in [1.807, 2.05) is 0 Å². The molecule has 0 spiro atoms. The van der Waals surface area contributed by atoms with Crippen molar-refractivity contribution in [3.05, 3.63) is 35.6 Å². The Morgan fingerprint density at radius 1 is 1.35 bits per heavy atom. The summed E-state index contributed by atoms with van der Waals surface area (Å²) in [5.74, 6) is -0.136. The van der Waals surface area contributed by atoms with Gasteiger partial charge in [0.1, 0.15) is 5.82 Å². The highest BCUT2D eigenvalue weighted by atomic mass is 32.1. The van der Waals surface area contributed by atoms with Gasteiger partial charge in [-0.3, -0.25) is 4.79 Å². The van der Waals surface area contributed by atoms with Crippen LogP contribution in [-0.4, -0.2) is 42.0 Å². The maximum Gasteiger partial charge on any atom is 0.166 e. The van der Waals surface area contributed by atoms with Crippen LogP contribution >= 0.6 is 12.2 Å². The molecule has 2 rings (SSSR count). The fourth-order valence-electron chi connectivity index (χ4n) is 2.51. The lowest BCUT2D eigenvalue weighted by molar-refractivity contribution is 0.0842. The molecule has 0 atom stereocenters. The van der Waals surface area contributed by atoms with Crippen molar-refractivity contribution >= 4 is 23.2 Å². The third kappa shape index (κ3) is 4.04. The Bertz CT molecular complexity index is 503. The first kappa shape index (κ1) is 15.0. The van der Waals surface area contributed by atoms with Gasteiger partial charge in [-0.2, -0.15) is 0 Å². The second-order valence-electron chi connectivity index (χ2n) is 4.96. The van der Waals surface area contributed by atoms with Crippen molar-refractivity contribution in [1.82, 2.24) is 4.90 Å². The molecule has 0 N–H and O–H groups in total. The van der Waals surface area contributed by atoms with E-state index in [1.165, 1.54) is 12.1 Å². The van der Waals surface area contributed by atoms with Crippen LogP contribution in [0.2, 0.25) is 0 Å². The molecule has 3 nitrogen and oxygen atoms in total. The number of benzene rings is 1. The Hall–Kier alpha value is -1.42. The van der Waals surface area contributed by atoms with E-state index in [-0.39, 0.29) is 17.5 Å². The molecular weight excluding hydrogens is 275 g/mol. The molecule has 106 valence electrons. The van der Waals surface area contributed by atoms with Crippen molar-refractivity contribution in [2.45, 2.75) is 12.8 Å². The van der Waals surface area contributed by atoms with Gasteiger partial charge < -0.3 is 4.90 Å². The summed E-state index contributed by atoms with van der Waals surface area (Å²) in [6.07, 6.45) is 1.69. The third-order valence-electron chi connectivity index (χ3n) is 3.68. The predicted octanol–water partition coefficient (Wildman–Crippen LogP) is 2.82. The van der Waals surface area contributed by atoms with Crippen molar-refractivity contribution in [2.24, 2.45) is 10.9 Å². The summed E-state index contributed by atoms with van der Waals surface area (Å²) in [6.45, 7) is 3.32. The molecule has 1 saturated heterocycles. The van der Waals surface area contributed by atoms with Gasteiger partial charge in [-0.05, 0) is 62.4 Å². The lowest BCUT2D eigenvalue weighted by atomic mass is 9.89. The fourth-order valence-corrected chi connectivity index (χ4v) is 2.60. The number of likely N-dealkylation sites (tertiary alicyclic amines) is 1. The Balaban J connectivity index is 1.85. The molecule has 0 saturated carbocycles. The maximum absolute atomic E-state index is 12.9. The van der Waals surface area contributed by atoms with E-state index in [9.17, 15) is 9.18 Å². The Morgan fingerprint density at radius 2 is 2.00 bits per heavy atom. The molecule has 0 bridgehead atoms. The minimum Gasteiger partial charge on any atom is -0.301 e. The molecular formula is C15H17FN2OS. The largest absolute Gasteiger partial charge is 0.301 e. The lowest BCUT2D eigenvalue weighted by Crippen LogP contribution is -2.37. The van der Waals surface area contributed by atoms with Gasteiger partial charge in [-0.15, -0.1) is 0 Å². The second-order valence-corrected chi connectivity index (χ2v) is 5.14. The molecule has 1 aromatic carbocycles. The van der Waals surface area contributed by atoms with Gasteiger partial charge in [-0.1, -0.05) is 0 Å². The van der Waals surface area contributed by atoms with Crippen LogP contribution in [0.25, 0.3) is 0 Å². The van der Waals surface area contributed by atoms with E-state index in [0.717, 1.165) is 32.5 Å². The van der Waals surface area contributed by atoms with Crippen LogP contribution in [0.15, 0.2) is 29.3 Å². The average Bonchev–Trinajstić information content (AvgIpc) is 2.48. The summed E-state index contributed by atoms with van der Waals surface area (Å²) in [4.78, 5) is 18.5. The van der Waals surface area contributed by atoms with Crippen LogP contribution in [0.4, 0.5) is 4.39 Å². The molecule has 0 aromatic heterocycles. The minimum atomic E-state index is -0.310. The summed E-state index contributed by atoms with van der Waals surface area (Å²) in [7, 11) is 0. The first-order chi connectivity index (χ1) is 9.70. The highest BCUT2D eigenvalue weighted by molar-refractivity contribution is 7.78. The molecule has 1 fully saturated rings. The number of halogens is 1. The molecule has 0 radical (unpaired) electrons. The van der Waals surface area contributed by atoms with Gasteiger partial charge in [-0.25, -0.2) is 9.38 Å². The van der Waals surface area contributed by atoms with Gasteiger partial charge >= 0.3 is 0 Å². The molecule has 1 aliphatic heterocycles. The standard InChI is InChI=1S/C15H17FN2OS/c16-14-3-1-12(2-4-14)15(19)13-5-8-18(9-6-13)10-7-17-11-20/h1-4,13H,5-10H2. The maximum atomic E-state index is 12.9.